The summed E-state index contributed by atoms with van der Waals surface area (Å²) in [6.45, 7) is 1.02. The second-order valence-electron chi connectivity index (χ2n) is 5.99. The summed E-state index contributed by atoms with van der Waals surface area (Å²) >= 11 is 0. The molecule has 0 saturated carbocycles. The van der Waals surface area contributed by atoms with Crippen molar-refractivity contribution in [2.45, 2.75) is 13.2 Å². The molecule has 2 aromatic rings. The van der Waals surface area contributed by atoms with Crippen LogP contribution in [0.1, 0.15) is 21.5 Å². The molecule has 0 aliphatic carbocycles. The fourth-order valence-electron chi connectivity index (χ4n) is 2.67. The van der Waals surface area contributed by atoms with Gasteiger partial charge in [0.05, 0.1) is 19.0 Å². The first-order chi connectivity index (χ1) is 11.9. The summed E-state index contributed by atoms with van der Waals surface area (Å²) in [4.78, 5) is 13.6. The van der Waals surface area contributed by atoms with Crippen LogP contribution >= 0.6 is 0 Å². The van der Waals surface area contributed by atoms with E-state index in [0.717, 1.165) is 11.1 Å². The van der Waals surface area contributed by atoms with Gasteiger partial charge in [-0.25, -0.2) is 8.42 Å². The van der Waals surface area contributed by atoms with Gasteiger partial charge in [-0.05, 0) is 23.3 Å². The van der Waals surface area contributed by atoms with Gasteiger partial charge in [-0.2, -0.15) is 0 Å². The predicted octanol–water partition coefficient (Wildman–Crippen LogP) is 2.23. The highest BCUT2D eigenvalue weighted by atomic mass is 32.2. The van der Waals surface area contributed by atoms with Crippen molar-refractivity contribution in [2.75, 3.05) is 24.1 Å². The molecule has 0 aromatic heterocycles. The average molecular weight is 360 g/mol. The van der Waals surface area contributed by atoms with E-state index in [9.17, 15) is 13.2 Å². The lowest BCUT2D eigenvalue weighted by Crippen LogP contribution is -2.20. The number of carbonyl (C=O) groups is 1. The summed E-state index contributed by atoms with van der Waals surface area (Å²) < 4.78 is 32.3. The summed E-state index contributed by atoms with van der Waals surface area (Å²) in [5.41, 5.74) is 2.84. The lowest BCUT2D eigenvalue weighted by molar-refractivity contribution is 0.0816. The minimum absolute atomic E-state index is 0.0941. The van der Waals surface area contributed by atoms with E-state index in [1.165, 1.54) is 0 Å². The Hall–Kier alpha value is -2.38. The largest absolute Gasteiger partial charge is 0.376 e. The monoisotopic (exact) mass is 360 g/mol. The van der Waals surface area contributed by atoms with Gasteiger partial charge in [-0.3, -0.25) is 9.52 Å². The zero-order chi connectivity index (χ0) is 17.9. The molecular weight excluding hydrogens is 340 g/mol. The molecule has 1 aliphatic rings. The van der Waals surface area contributed by atoms with Crippen molar-refractivity contribution in [1.29, 1.82) is 0 Å². The van der Waals surface area contributed by atoms with Gasteiger partial charge in [0.1, 0.15) is 0 Å². The number of rotatable bonds is 7. The van der Waals surface area contributed by atoms with Crippen molar-refractivity contribution in [1.82, 2.24) is 4.90 Å². The fraction of sp³-hybridized carbons (Fsp3) is 0.278. The molecule has 0 bridgehead atoms. The molecule has 6 nitrogen and oxygen atoms in total. The number of nitrogens with zero attached hydrogens (tertiary/aromatic N) is 1. The average Bonchev–Trinajstić information content (AvgIpc) is 2.87. The third-order valence-electron chi connectivity index (χ3n) is 3.98. The second kappa shape index (κ2) is 7.25. The predicted molar refractivity (Wildman–Crippen MR) is 95.7 cm³/mol. The van der Waals surface area contributed by atoms with Crippen LogP contribution in [0.2, 0.25) is 0 Å². The third-order valence-corrected chi connectivity index (χ3v) is 5.23. The van der Waals surface area contributed by atoms with E-state index in [-0.39, 0.29) is 18.3 Å². The number of hydrogen-bond acceptors (Lipinski definition) is 4. The molecular formula is C18H20N2O4S. The number of sulfonamides is 1. The Labute approximate surface area is 147 Å². The van der Waals surface area contributed by atoms with Gasteiger partial charge >= 0.3 is 0 Å². The Kier molecular flexibility index (Phi) is 5.06. The van der Waals surface area contributed by atoms with Gasteiger partial charge in [0.2, 0.25) is 10.0 Å². The van der Waals surface area contributed by atoms with E-state index in [0.29, 0.717) is 24.4 Å². The summed E-state index contributed by atoms with van der Waals surface area (Å²) in [5.74, 6) is -0.243. The van der Waals surface area contributed by atoms with Gasteiger partial charge in [0.15, 0.2) is 0 Å². The van der Waals surface area contributed by atoms with Crippen LogP contribution in [0.15, 0.2) is 48.5 Å². The lowest BCUT2D eigenvalue weighted by Gasteiger charge is -2.09. The number of anilines is 1. The second-order valence-corrected chi connectivity index (χ2v) is 7.83. The number of hydrogen-bond donors (Lipinski definition) is 1. The van der Waals surface area contributed by atoms with E-state index in [4.69, 9.17) is 4.74 Å². The lowest BCUT2D eigenvalue weighted by atomic mass is 10.1. The van der Waals surface area contributed by atoms with Crippen molar-refractivity contribution in [2.24, 2.45) is 0 Å². The van der Waals surface area contributed by atoms with Gasteiger partial charge in [0.25, 0.3) is 5.91 Å². The van der Waals surface area contributed by atoms with Crippen molar-refractivity contribution >= 4 is 21.6 Å². The molecule has 1 N–H and O–H groups in total. The Morgan fingerprint density at radius 1 is 1.16 bits per heavy atom. The van der Waals surface area contributed by atoms with Crippen molar-refractivity contribution < 1.29 is 17.9 Å². The number of carbonyl (C=O) groups excluding carboxylic acids is 1. The smallest absolute Gasteiger partial charge is 0.254 e. The molecule has 0 saturated heterocycles. The van der Waals surface area contributed by atoms with Crippen LogP contribution in [0.4, 0.5) is 5.69 Å². The molecule has 0 radical (unpaired) electrons. The SMILES string of the molecule is CN1Cc2ccc(NS(=O)(=O)CCOCc3ccccc3)cc2C1=O. The summed E-state index contributed by atoms with van der Waals surface area (Å²) in [7, 11) is -1.82. The normalized spacial score (nSPS) is 13.8. The van der Waals surface area contributed by atoms with Crippen LogP contribution in [0.25, 0.3) is 0 Å². The maximum absolute atomic E-state index is 12.2. The minimum atomic E-state index is -3.54. The van der Waals surface area contributed by atoms with Crippen LogP contribution in [-0.4, -0.2) is 38.6 Å². The first-order valence-electron chi connectivity index (χ1n) is 7.95. The van der Waals surface area contributed by atoms with Gasteiger partial charge < -0.3 is 9.64 Å². The van der Waals surface area contributed by atoms with Crippen molar-refractivity contribution in [3.05, 3.63) is 65.2 Å². The first-order valence-corrected chi connectivity index (χ1v) is 9.60. The molecule has 2 aromatic carbocycles. The van der Waals surface area contributed by atoms with Crippen LogP contribution in [0, 0.1) is 0 Å². The van der Waals surface area contributed by atoms with E-state index in [1.54, 1.807) is 30.1 Å². The van der Waals surface area contributed by atoms with Gasteiger partial charge in [-0.1, -0.05) is 36.4 Å². The van der Waals surface area contributed by atoms with Crippen molar-refractivity contribution in [3.63, 3.8) is 0 Å². The number of ether oxygens (including phenoxy) is 1. The van der Waals surface area contributed by atoms with E-state index < -0.39 is 10.0 Å². The molecule has 1 heterocycles. The number of amides is 1. The van der Waals surface area contributed by atoms with E-state index in [1.807, 2.05) is 30.3 Å². The third kappa shape index (κ3) is 4.37. The van der Waals surface area contributed by atoms with Gasteiger partial charge in [-0.15, -0.1) is 0 Å². The molecule has 3 rings (SSSR count). The molecule has 7 heteroatoms. The number of benzene rings is 2. The quantitative estimate of drug-likeness (QED) is 0.768. The van der Waals surface area contributed by atoms with Crippen LogP contribution < -0.4 is 4.72 Å². The van der Waals surface area contributed by atoms with Crippen LogP contribution in [0.5, 0.6) is 0 Å². The summed E-state index contributed by atoms with van der Waals surface area (Å²) in [5, 5.41) is 0. The van der Waals surface area contributed by atoms with Gasteiger partial charge in [0, 0.05) is 24.8 Å². The zero-order valence-electron chi connectivity index (χ0n) is 13.9. The summed E-state index contributed by atoms with van der Waals surface area (Å²) in [6, 6.07) is 14.6. The topological polar surface area (TPSA) is 75.7 Å². The Morgan fingerprint density at radius 3 is 2.68 bits per heavy atom. The molecule has 1 amide bonds. The number of nitrogens with one attached hydrogen (secondary N) is 1. The highest BCUT2D eigenvalue weighted by Gasteiger charge is 2.24. The maximum Gasteiger partial charge on any atom is 0.254 e. The molecule has 0 atom stereocenters. The molecule has 132 valence electrons. The van der Waals surface area contributed by atoms with E-state index in [2.05, 4.69) is 4.72 Å². The fourth-order valence-corrected chi connectivity index (χ4v) is 3.60. The standard InChI is InChI=1S/C18H20N2O4S/c1-20-12-15-7-8-16(11-17(15)18(20)21)19-25(22,23)10-9-24-13-14-5-3-2-4-6-14/h2-8,11,19H,9-10,12-13H2,1H3. The number of fused-ring (bicyclic) bond motifs is 1. The van der Waals surface area contributed by atoms with E-state index >= 15 is 0 Å². The highest BCUT2D eigenvalue weighted by Crippen LogP contribution is 2.25. The maximum atomic E-state index is 12.2. The summed E-state index contributed by atoms with van der Waals surface area (Å²) in [6.07, 6.45) is 0. The molecule has 0 spiro atoms. The van der Waals surface area contributed by atoms with Crippen LogP contribution in [-0.2, 0) is 27.9 Å². The molecule has 25 heavy (non-hydrogen) atoms. The Balaban J connectivity index is 1.54. The molecule has 1 aliphatic heterocycles. The molecule has 0 unspecified atom stereocenters. The Morgan fingerprint density at radius 2 is 1.92 bits per heavy atom. The highest BCUT2D eigenvalue weighted by molar-refractivity contribution is 7.92. The molecule has 0 fully saturated rings. The zero-order valence-corrected chi connectivity index (χ0v) is 14.8. The van der Waals surface area contributed by atoms with Crippen molar-refractivity contribution in [3.8, 4) is 0 Å². The minimum Gasteiger partial charge on any atom is -0.376 e. The Bertz CT molecular complexity index is 866. The van der Waals surface area contributed by atoms with Crippen LogP contribution in [0.3, 0.4) is 0 Å². The first kappa shape index (κ1) is 17.4.